The molecular formula is C28H33N3O2. The van der Waals surface area contributed by atoms with Gasteiger partial charge >= 0.3 is 0 Å². The van der Waals surface area contributed by atoms with Gasteiger partial charge in [0.15, 0.2) is 0 Å². The number of aryl methyl sites for hydroxylation is 2. The molecule has 0 atom stereocenters. The monoisotopic (exact) mass is 443 g/mol. The van der Waals surface area contributed by atoms with Crippen LogP contribution >= 0.6 is 0 Å². The number of benzene rings is 2. The topological polar surface area (TPSA) is 78.9 Å². The Morgan fingerprint density at radius 1 is 1.12 bits per heavy atom. The van der Waals surface area contributed by atoms with E-state index in [0.29, 0.717) is 24.4 Å². The van der Waals surface area contributed by atoms with Gasteiger partial charge in [-0.1, -0.05) is 69.7 Å². The second-order valence-electron chi connectivity index (χ2n) is 9.43. The summed E-state index contributed by atoms with van der Waals surface area (Å²) in [6.07, 6.45) is 3.30. The van der Waals surface area contributed by atoms with Crippen LogP contribution in [0.5, 0.6) is 0 Å². The molecule has 0 amide bonds. The van der Waals surface area contributed by atoms with Gasteiger partial charge < -0.3 is 5.11 Å². The average Bonchev–Trinajstić information content (AvgIpc) is 2.83. The van der Waals surface area contributed by atoms with Crippen LogP contribution in [0.25, 0.3) is 11.1 Å². The molecule has 172 valence electrons. The fourth-order valence-electron chi connectivity index (χ4n) is 3.99. The summed E-state index contributed by atoms with van der Waals surface area (Å²) in [5.41, 5.74) is 4.73. The van der Waals surface area contributed by atoms with E-state index in [4.69, 9.17) is 4.98 Å². The zero-order valence-electron chi connectivity index (χ0n) is 20.1. The molecule has 0 fully saturated rings. The third-order valence-electron chi connectivity index (χ3n) is 6.01. The van der Waals surface area contributed by atoms with Crippen LogP contribution in [-0.4, -0.2) is 21.3 Å². The van der Waals surface area contributed by atoms with Crippen LogP contribution in [-0.2, 0) is 19.4 Å². The normalized spacial score (nSPS) is 11.4. The molecule has 0 spiro atoms. The molecule has 0 saturated heterocycles. The Bertz CT molecular complexity index is 1200. The fraction of sp³-hybridized carbons (Fsp3) is 0.393. The molecule has 5 nitrogen and oxygen atoms in total. The number of aliphatic hydroxyl groups is 1. The van der Waals surface area contributed by atoms with Crippen molar-refractivity contribution >= 4 is 0 Å². The van der Waals surface area contributed by atoms with Crippen molar-refractivity contribution in [2.45, 2.75) is 59.9 Å². The number of rotatable bonds is 9. The van der Waals surface area contributed by atoms with Crippen molar-refractivity contribution in [1.82, 2.24) is 9.55 Å². The molecule has 2 aromatic carbocycles. The van der Waals surface area contributed by atoms with E-state index >= 15 is 0 Å². The number of hydrogen-bond acceptors (Lipinski definition) is 4. The highest BCUT2D eigenvalue weighted by Gasteiger charge is 2.22. The van der Waals surface area contributed by atoms with Crippen molar-refractivity contribution in [3.63, 3.8) is 0 Å². The van der Waals surface area contributed by atoms with Crippen LogP contribution in [0.3, 0.4) is 0 Å². The summed E-state index contributed by atoms with van der Waals surface area (Å²) >= 11 is 0. The van der Waals surface area contributed by atoms with E-state index in [-0.39, 0.29) is 12.2 Å². The van der Waals surface area contributed by atoms with Crippen molar-refractivity contribution in [2.75, 3.05) is 6.61 Å². The van der Waals surface area contributed by atoms with Gasteiger partial charge in [0.25, 0.3) is 5.56 Å². The lowest BCUT2D eigenvalue weighted by atomic mass is 9.94. The predicted molar refractivity (Wildman–Crippen MR) is 132 cm³/mol. The largest absolute Gasteiger partial charge is 0.396 e. The van der Waals surface area contributed by atoms with Crippen LogP contribution < -0.4 is 5.56 Å². The number of aliphatic hydroxyl groups excluding tert-OH is 1. The molecule has 1 aromatic heterocycles. The number of hydrogen-bond donors (Lipinski definition) is 1. The van der Waals surface area contributed by atoms with Crippen molar-refractivity contribution in [3.8, 4) is 17.2 Å². The van der Waals surface area contributed by atoms with Gasteiger partial charge in [0.1, 0.15) is 5.82 Å². The van der Waals surface area contributed by atoms with Gasteiger partial charge in [0.05, 0.1) is 17.3 Å². The average molecular weight is 444 g/mol. The van der Waals surface area contributed by atoms with Gasteiger partial charge in [-0.3, -0.25) is 9.36 Å². The lowest BCUT2D eigenvalue weighted by Crippen LogP contribution is -2.35. The number of nitriles is 1. The highest BCUT2D eigenvalue weighted by Crippen LogP contribution is 2.24. The SMILES string of the molecule is CCCCc1nc(C)n(CC(C)(C)CO)c(=O)c1Cc1ccc(-c2ccccc2C#N)cc1. The first-order valence-electron chi connectivity index (χ1n) is 11.6. The Balaban J connectivity index is 1.99. The van der Waals surface area contributed by atoms with Gasteiger partial charge in [0, 0.05) is 30.6 Å². The molecular weight excluding hydrogens is 410 g/mol. The molecule has 1 heterocycles. The molecule has 33 heavy (non-hydrogen) atoms. The zero-order valence-corrected chi connectivity index (χ0v) is 20.1. The maximum Gasteiger partial charge on any atom is 0.257 e. The molecule has 0 bridgehead atoms. The van der Waals surface area contributed by atoms with Crippen molar-refractivity contribution < 1.29 is 5.11 Å². The molecule has 1 N–H and O–H groups in total. The summed E-state index contributed by atoms with van der Waals surface area (Å²) in [5, 5.41) is 19.1. The van der Waals surface area contributed by atoms with Crippen molar-refractivity contribution in [2.24, 2.45) is 5.41 Å². The summed E-state index contributed by atoms with van der Waals surface area (Å²) in [7, 11) is 0. The highest BCUT2D eigenvalue weighted by atomic mass is 16.3. The first-order valence-corrected chi connectivity index (χ1v) is 11.6. The molecule has 0 aliphatic heterocycles. The summed E-state index contributed by atoms with van der Waals surface area (Å²) in [4.78, 5) is 18.4. The molecule has 3 aromatic rings. The van der Waals surface area contributed by atoms with Crippen LogP contribution in [0.2, 0.25) is 0 Å². The summed E-state index contributed by atoms with van der Waals surface area (Å²) in [5.74, 6) is 0.694. The molecule has 0 aliphatic rings. The fourth-order valence-corrected chi connectivity index (χ4v) is 3.99. The Labute approximate surface area is 196 Å². The van der Waals surface area contributed by atoms with Crippen LogP contribution in [0, 0.1) is 23.7 Å². The number of unbranched alkanes of at least 4 members (excludes halogenated alkanes) is 1. The van der Waals surface area contributed by atoms with Gasteiger partial charge in [0.2, 0.25) is 0 Å². The van der Waals surface area contributed by atoms with Crippen molar-refractivity contribution in [3.05, 3.63) is 87.1 Å². The van der Waals surface area contributed by atoms with E-state index in [9.17, 15) is 15.2 Å². The van der Waals surface area contributed by atoms with E-state index in [0.717, 1.165) is 47.2 Å². The summed E-state index contributed by atoms with van der Waals surface area (Å²) in [6, 6.07) is 17.9. The predicted octanol–water partition coefficient (Wildman–Crippen LogP) is 5.04. The van der Waals surface area contributed by atoms with E-state index in [2.05, 4.69) is 13.0 Å². The molecule has 5 heteroatoms. The van der Waals surface area contributed by atoms with Gasteiger partial charge in [-0.05, 0) is 42.5 Å². The minimum absolute atomic E-state index is 0.00255. The maximum absolute atomic E-state index is 13.5. The molecule has 0 radical (unpaired) electrons. The summed E-state index contributed by atoms with van der Waals surface area (Å²) in [6.45, 7) is 8.32. The highest BCUT2D eigenvalue weighted by molar-refractivity contribution is 5.70. The van der Waals surface area contributed by atoms with Crippen LogP contribution in [0.4, 0.5) is 0 Å². The standard InChI is InChI=1S/C28H33N3O2/c1-5-6-11-26-25(27(33)31(20(2)30-26)18-28(3,4)19-32)16-21-12-14-22(15-13-21)24-10-8-7-9-23(24)17-29/h7-10,12-15,32H,5-6,11,16,18-19H2,1-4H3. The lowest BCUT2D eigenvalue weighted by Gasteiger charge is -2.25. The number of aromatic nitrogens is 2. The summed E-state index contributed by atoms with van der Waals surface area (Å²) < 4.78 is 1.71. The maximum atomic E-state index is 13.5. The second kappa shape index (κ2) is 10.6. The van der Waals surface area contributed by atoms with Crippen LogP contribution in [0.15, 0.2) is 53.3 Å². The lowest BCUT2D eigenvalue weighted by molar-refractivity contribution is 0.138. The minimum atomic E-state index is -0.408. The molecule has 3 rings (SSSR count). The van der Waals surface area contributed by atoms with Crippen LogP contribution in [0.1, 0.15) is 61.8 Å². The first kappa shape index (κ1) is 24.4. The quantitative estimate of drug-likeness (QED) is 0.502. The first-order chi connectivity index (χ1) is 15.8. The van der Waals surface area contributed by atoms with Gasteiger partial charge in [-0.15, -0.1) is 0 Å². The van der Waals surface area contributed by atoms with Gasteiger partial charge in [-0.25, -0.2) is 4.98 Å². The Morgan fingerprint density at radius 2 is 1.82 bits per heavy atom. The van der Waals surface area contributed by atoms with Gasteiger partial charge in [-0.2, -0.15) is 5.26 Å². The van der Waals surface area contributed by atoms with Crippen molar-refractivity contribution in [1.29, 1.82) is 5.26 Å². The third kappa shape index (κ3) is 5.77. The zero-order chi connectivity index (χ0) is 24.0. The smallest absolute Gasteiger partial charge is 0.257 e. The Morgan fingerprint density at radius 3 is 2.45 bits per heavy atom. The van der Waals surface area contributed by atoms with E-state index < -0.39 is 5.41 Å². The van der Waals surface area contributed by atoms with E-state index in [1.807, 2.05) is 69.3 Å². The third-order valence-corrected chi connectivity index (χ3v) is 6.01. The van der Waals surface area contributed by atoms with E-state index in [1.54, 1.807) is 4.57 Å². The van der Waals surface area contributed by atoms with E-state index in [1.165, 1.54) is 0 Å². The Kier molecular flexibility index (Phi) is 7.84. The Hall–Kier alpha value is -3.23. The molecule has 0 aliphatic carbocycles. The number of nitrogens with zero attached hydrogens (tertiary/aromatic N) is 3. The molecule has 0 saturated carbocycles. The molecule has 0 unspecified atom stereocenters. The minimum Gasteiger partial charge on any atom is -0.396 e. The second-order valence-corrected chi connectivity index (χ2v) is 9.43.